The SMILES string of the molecule is CC(C)N1CCC(Cc2cc(-c3cncc(C(=O)O)c3)ncn2)CC1. The maximum absolute atomic E-state index is 11.1. The van der Waals surface area contributed by atoms with Gasteiger partial charge in [0.1, 0.15) is 6.33 Å². The van der Waals surface area contributed by atoms with Crippen molar-refractivity contribution in [3.63, 3.8) is 0 Å². The summed E-state index contributed by atoms with van der Waals surface area (Å²) in [4.78, 5) is 26.3. The molecule has 1 fully saturated rings. The average Bonchev–Trinajstić information content (AvgIpc) is 2.62. The molecule has 0 unspecified atom stereocenters. The van der Waals surface area contributed by atoms with Crippen LogP contribution in [0.15, 0.2) is 30.9 Å². The Hall–Kier alpha value is -2.34. The lowest BCUT2D eigenvalue weighted by atomic mass is 9.91. The van der Waals surface area contributed by atoms with Crippen molar-refractivity contribution >= 4 is 5.97 Å². The Kier molecular flexibility index (Phi) is 5.38. The number of carboxylic acid groups (broad SMARTS) is 1. The number of aromatic carboxylic acids is 1. The molecule has 1 aliphatic heterocycles. The number of likely N-dealkylation sites (tertiary alicyclic amines) is 1. The van der Waals surface area contributed by atoms with Crippen LogP contribution in [0.1, 0.15) is 42.7 Å². The molecule has 2 aromatic heterocycles. The van der Waals surface area contributed by atoms with Gasteiger partial charge >= 0.3 is 5.97 Å². The van der Waals surface area contributed by atoms with Crippen LogP contribution in [0.3, 0.4) is 0 Å². The lowest BCUT2D eigenvalue weighted by Gasteiger charge is -2.34. The summed E-state index contributed by atoms with van der Waals surface area (Å²) >= 11 is 0. The van der Waals surface area contributed by atoms with Crippen molar-refractivity contribution < 1.29 is 9.90 Å². The van der Waals surface area contributed by atoms with E-state index in [1.807, 2.05) is 6.07 Å². The Morgan fingerprint density at radius 1 is 1.24 bits per heavy atom. The molecule has 3 rings (SSSR count). The molecule has 2 aromatic rings. The minimum absolute atomic E-state index is 0.165. The topological polar surface area (TPSA) is 79.2 Å². The van der Waals surface area contributed by atoms with E-state index in [1.54, 1.807) is 18.6 Å². The average molecular weight is 340 g/mol. The molecular formula is C19H24N4O2. The molecule has 25 heavy (non-hydrogen) atoms. The fourth-order valence-electron chi connectivity index (χ4n) is 3.33. The first-order valence-electron chi connectivity index (χ1n) is 8.76. The number of carboxylic acids is 1. The maximum atomic E-state index is 11.1. The van der Waals surface area contributed by atoms with Crippen molar-refractivity contribution in [1.82, 2.24) is 19.9 Å². The molecular weight excluding hydrogens is 316 g/mol. The van der Waals surface area contributed by atoms with Gasteiger partial charge in [-0.1, -0.05) is 0 Å². The molecule has 1 saturated heterocycles. The van der Waals surface area contributed by atoms with Gasteiger partial charge in [-0.2, -0.15) is 0 Å². The van der Waals surface area contributed by atoms with Gasteiger partial charge in [-0.3, -0.25) is 4.98 Å². The predicted octanol–water partition coefficient (Wildman–Crippen LogP) is 2.90. The van der Waals surface area contributed by atoms with Gasteiger partial charge in [-0.05, 0) is 64.3 Å². The molecule has 0 radical (unpaired) electrons. The Bertz CT molecular complexity index is 740. The number of piperidine rings is 1. The van der Waals surface area contributed by atoms with E-state index >= 15 is 0 Å². The van der Waals surface area contributed by atoms with E-state index in [1.165, 1.54) is 19.0 Å². The fourth-order valence-corrected chi connectivity index (χ4v) is 3.33. The van der Waals surface area contributed by atoms with Gasteiger partial charge in [0, 0.05) is 29.7 Å². The van der Waals surface area contributed by atoms with E-state index < -0.39 is 5.97 Å². The molecule has 0 aromatic carbocycles. The standard InChI is InChI=1S/C19H24N4O2/c1-13(2)23-5-3-14(4-6-23)7-17-9-18(22-12-21-17)15-8-16(19(24)25)11-20-10-15/h8-14H,3-7H2,1-2H3,(H,24,25). The Labute approximate surface area is 148 Å². The third kappa shape index (κ3) is 4.39. The minimum atomic E-state index is -0.986. The van der Waals surface area contributed by atoms with Crippen molar-refractivity contribution in [2.45, 2.75) is 39.2 Å². The maximum Gasteiger partial charge on any atom is 0.337 e. The highest BCUT2D eigenvalue weighted by Gasteiger charge is 2.21. The van der Waals surface area contributed by atoms with Gasteiger partial charge in [-0.15, -0.1) is 0 Å². The zero-order valence-corrected chi connectivity index (χ0v) is 14.7. The van der Waals surface area contributed by atoms with E-state index in [4.69, 9.17) is 5.11 Å². The molecule has 0 spiro atoms. The molecule has 3 heterocycles. The third-order valence-electron chi connectivity index (χ3n) is 4.88. The van der Waals surface area contributed by atoms with Gasteiger partial charge in [0.2, 0.25) is 0 Å². The first kappa shape index (κ1) is 17.5. The van der Waals surface area contributed by atoms with Gasteiger partial charge in [0.25, 0.3) is 0 Å². The quantitative estimate of drug-likeness (QED) is 0.901. The normalized spacial score (nSPS) is 16.3. The Balaban J connectivity index is 1.70. The fraction of sp³-hybridized carbons (Fsp3) is 0.474. The highest BCUT2D eigenvalue weighted by atomic mass is 16.4. The molecule has 132 valence electrons. The molecule has 6 heteroatoms. The van der Waals surface area contributed by atoms with Crippen LogP contribution in [0.25, 0.3) is 11.3 Å². The van der Waals surface area contributed by atoms with Gasteiger partial charge in [0.05, 0.1) is 11.3 Å². The predicted molar refractivity (Wildman–Crippen MR) is 95.4 cm³/mol. The molecule has 1 N–H and O–H groups in total. The van der Waals surface area contributed by atoms with Crippen LogP contribution in [-0.4, -0.2) is 50.1 Å². The van der Waals surface area contributed by atoms with E-state index in [-0.39, 0.29) is 5.56 Å². The number of carbonyl (C=O) groups is 1. The summed E-state index contributed by atoms with van der Waals surface area (Å²) in [5.41, 5.74) is 2.60. The molecule has 0 bridgehead atoms. The molecule has 0 amide bonds. The first-order valence-corrected chi connectivity index (χ1v) is 8.76. The van der Waals surface area contributed by atoms with Crippen LogP contribution in [0, 0.1) is 5.92 Å². The van der Waals surface area contributed by atoms with Gasteiger partial charge in [0.15, 0.2) is 0 Å². The van der Waals surface area contributed by atoms with Crippen molar-refractivity contribution in [3.05, 3.63) is 42.1 Å². The summed E-state index contributed by atoms with van der Waals surface area (Å²) in [5, 5.41) is 9.11. The number of hydrogen-bond acceptors (Lipinski definition) is 5. The zero-order valence-electron chi connectivity index (χ0n) is 14.7. The van der Waals surface area contributed by atoms with Crippen LogP contribution in [-0.2, 0) is 6.42 Å². The highest BCUT2D eigenvalue weighted by molar-refractivity contribution is 5.88. The smallest absolute Gasteiger partial charge is 0.337 e. The molecule has 6 nitrogen and oxygen atoms in total. The van der Waals surface area contributed by atoms with Crippen LogP contribution in [0.4, 0.5) is 0 Å². The van der Waals surface area contributed by atoms with Crippen LogP contribution >= 0.6 is 0 Å². The second kappa shape index (κ2) is 7.70. The van der Waals surface area contributed by atoms with Crippen molar-refractivity contribution in [2.24, 2.45) is 5.92 Å². The number of pyridine rings is 1. The molecule has 0 aliphatic carbocycles. The van der Waals surface area contributed by atoms with Gasteiger partial charge < -0.3 is 10.0 Å². The number of nitrogens with zero attached hydrogens (tertiary/aromatic N) is 4. The van der Waals surface area contributed by atoms with E-state index in [0.29, 0.717) is 17.5 Å². The zero-order chi connectivity index (χ0) is 17.8. The molecule has 0 saturated carbocycles. The lowest BCUT2D eigenvalue weighted by Crippen LogP contribution is -2.38. The number of hydrogen-bond donors (Lipinski definition) is 1. The van der Waals surface area contributed by atoms with E-state index in [0.717, 1.165) is 30.9 Å². The van der Waals surface area contributed by atoms with E-state index in [2.05, 4.69) is 33.7 Å². The van der Waals surface area contributed by atoms with Crippen LogP contribution in [0.5, 0.6) is 0 Å². The summed E-state index contributed by atoms with van der Waals surface area (Å²) < 4.78 is 0. The second-order valence-corrected chi connectivity index (χ2v) is 6.94. The minimum Gasteiger partial charge on any atom is -0.478 e. The largest absolute Gasteiger partial charge is 0.478 e. The van der Waals surface area contributed by atoms with Crippen molar-refractivity contribution in [2.75, 3.05) is 13.1 Å². The summed E-state index contributed by atoms with van der Waals surface area (Å²) in [6.45, 7) is 6.78. The lowest BCUT2D eigenvalue weighted by molar-refractivity contribution is 0.0696. The Morgan fingerprint density at radius 3 is 2.68 bits per heavy atom. The number of aromatic nitrogens is 3. The summed E-state index contributed by atoms with van der Waals surface area (Å²) in [7, 11) is 0. The number of rotatable bonds is 5. The highest BCUT2D eigenvalue weighted by Crippen LogP contribution is 2.24. The molecule has 1 aliphatic rings. The summed E-state index contributed by atoms with van der Waals surface area (Å²) in [6.07, 6.45) is 7.85. The van der Waals surface area contributed by atoms with Crippen molar-refractivity contribution in [3.8, 4) is 11.3 Å². The second-order valence-electron chi connectivity index (χ2n) is 6.94. The Morgan fingerprint density at radius 2 is 2.00 bits per heavy atom. The summed E-state index contributed by atoms with van der Waals surface area (Å²) in [5.74, 6) is -0.346. The third-order valence-corrected chi connectivity index (χ3v) is 4.88. The monoisotopic (exact) mass is 340 g/mol. The summed E-state index contributed by atoms with van der Waals surface area (Å²) in [6, 6.07) is 4.17. The van der Waals surface area contributed by atoms with Crippen LogP contribution < -0.4 is 0 Å². The first-order chi connectivity index (χ1) is 12.0. The van der Waals surface area contributed by atoms with E-state index in [9.17, 15) is 4.79 Å². The molecule has 0 atom stereocenters. The van der Waals surface area contributed by atoms with Crippen LogP contribution in [0.2, 0.25) is 0 Å². The van der Waals surface area contributed by atoms with Crippen molar-refractivity contribution in [1.29, 1.82) is 0 Å². The van der Waals surface area contributed by atoms with Gasteiger partial charge in [-0.25, -0.2) is 14.8 Å².